The molecule has 0 aliphatic rings. The molecule has 0 unspecified atom stereocenters. The van der Waals surface area contributed by atoms with Gasteiger partial charge in [0.05, 0.1) is 18.2 Å². The first-order valence-electron chi connectivity index (χ1n) is 6.75. The third kappa shape index (κ3) is 2.72. The van der Waals surface area contributed by atoms with Gasteiger partial charge in [0.1, 0.15) is 11.8 Å². The molecule has 0 saturated heterocycles. The molecule has 1 aromatic carbocycles. The van der Waals surface area contributed by atoms with Crippen LogP contribution in [0.25, 0.3) is 11.0 Å². The van der Waals surface area contributed by atoms with E-state index in [4.69, 9.17) is 5.73 Å². The maximum atomic E-state index is 9.55. The van der Waals surface area contributed by atoms with E-state index in [1.165, 1.54) is 6.33 Å². The van der Waals surface area contributed by atoms with Crippen LogP contribution in [-0.4, -0.2) is 26.7 Å². The summed E-state index contributed by atoms with van der Waals surface area (Å²) >= 11 is 0. The van der Waals surface area contributed by atoms with Gasteiger partial charge in [0.2, 0.25) is 0 Å². The number of hydrogen-bond acceptors (Lipinski definition) is 5. The zero-order chi connectivity index (χ0) is 14.7. The van der Waals surface area contributed by atoms with Crippen LogP contribution in [-0.2, 0) is 6.54 Å². The Morgan fingerprint density at radius 2 is 2.05 bits per heavy atom. The number of rotatable bonds is 5. The Morgan fingerprint density at radius 3 is 2.81 bits per heavy atom. The van der Waals surface area contributed by atoms with Crippen molar-refractivity contribution in [2.24, 2.45) is 0 Å². The first kappa shape index (κ1) is 13.5. The lowest BCUT2D eigenvalue weighted by Crippen LogP contribution is -2.23. The largest absolute Gasteiger partial charge is 0.394 e. The highest BCUT2D eigenvalue weighted by Gasteiger charge is 2.12. The van der Waals surface area contributed by atoms with Crippen LogP contribution < -0.4 is 11.1 Å². The average molecular weight is 283 g/mol. The van der Waals surface area contributed by atoms with E-state index < -0.39 is 0 Å². The van der Waals surface area contributed by atoms with Crippen molar-refractivity contribution in [2.45, 2.75) is 12.6 Å². The molecular weight excluding hydrogens is 266 g/mol. The van der Waals surface area contributed by atoms with Gasteiger partial charge in [-0.3, -0.25) is 0 Å². The molecule has 3 aromatic rings. The van der Waals surface area contributed by atoms with Gasteiger partial charge in [0, 0.05) is 18.3 Å². The molecule has 2 aromatic heterocycles. The van der Waals surface area contributed by atoms with Crippen LogP contribution in [0.2, 0.25) is 0 Å². The fourth-order valence-electron chi connectivity index (χ4n) is 2.35. The van der Waals surface area contributed by atoms with Gasteiger partial charge in [-0.1, -0.05) is 30.3 Å². The molecule has 0 spiro atoms. The highest BCUT2D eigenvalue weighted by Crippen LogP contribution is 2.20. The molecule has 5 N–H and O–H groups in total. The van der Waals surface area contributed by atoms with Gasteiger partial charge in [0.25, 0.3) is 0 Å². The lowest BCUT2D eigenvalue weighted by Gasteiger charge is -2.16. The fraction of sp³-hybridized carbons (Fsp3) is 0.200. The number of aliphatic hydroxyl groups excluding tert-OH is 1. The summed E-state index contributed by atoms with van der Waals surface area (Å²) < 4.78 is 0. The monoisotopic (exact) mass is 283 g/mol. The van der Waals surface area contributed by atoms with Crippen molar-refractivity contribution in [2.75, 3.05) is 12.3 Å². The van der Waals surface area contributed by atoms with E-state index in [1.54, 1.807) is 0 Å². The second-order valence-electron chi connectivity index (χ2n) is 4.82. The molecule has 0 radical (unpaired) electrons. The van der Waals surface area contributed by atoms with Crippen LogP contribution in [0.4, 0.5) is 5.82 Å². The van der Waals surface area contributed by atoms with Crippen LogP contribution in [0.3, 0.4) is 0 Å². The van der Waals surface area contributed by atoms with Crippen LogP contribution >= 0.6 is 0 Å². The van der Waals surface area contributed by atoms with Crippen LogP contribution in [0.5, 0.6) is 0 Å². The van der Waals surface area contributed by atoms with E-state index in [-0.39, 0.29) is 12.6 Å². The zero-order valence-electron chi connectivity index (χ0n) is 11.5. The van der Waals surface area contributed by atoms with Gasteiger partial charge >= 0.3 is 0 Å². The predicted octanol–water partition coefficient (Wildman–Crippen LogP) is 1.36. The van der Waals surface area contributed by atoms with E-state index in [2.05, 4.69) is 20.3 Å². The third-order valence-electron chi connectivity index (χ3n) is 3.49. The van der Waals surface area contributed by atoms with Crippen molar-refractivity contribution < 1.29 is 5.11 Å². The Balaban J connectivity index is 1.78. The summed E-state index contributed by atoms with van der Waals surface area (Å²) in [5, 5.41) is 12.9. The molecule has 108 valence electrons. The summed E-state index contributed by atoms with van der Waals surface area (Å²) in [5.74, 6) is 0.438. The van der Waals surface area contributed by atoms with E-state index in [0.717, 1.165) is 22.2 Å². The quantitative estimate of drug-likeness (QED) is 0.566. The number of hydrogen-bond donors (Lipinski definition) is 4. The SMILES string of the molecule is Nc1ncnc2c(CN[C@H](CO)c3ccccc3)c[nH]c12. The Kier molecular flexibility index (Phi) is 3.81. The predicted molar refractivity (Wildman–Crippen MR) is 81.4 cm³/mol. The minimum atomic E-state index is -0.115. The zero-order valence-corrected chi connectivity index (χ0v) is 11.5. The summed E-state index contributed by atoms with van der Waals surface area (Å²) in [6, 6.07) is 9.73. The van der Waals surface area contributed by atoms with E-state index in [9.17, 15) is 5.11 Å². The van der Waals surface area contributed by atoms with Crippen molar-refractivity contribution in [3.8, 4) is 0 Å². The third-order valence-corrected chi connectivity index (χ3v) is 3.49. The Hall–Kier alpha value is -2.44. The van der Waals surface area contributed by atoms with Gasteiger partial charge in [0.15, 0.2) is 5.82 Å². The summed E-state index contributed by atoms with van der Waals surface area (Å²) in [5.41, 5.74) is 9.39. The first-order chi connectivity index (χ1) is 10.3. The van der Waals surface area contributed by atoms with Crippen molar-refractivity contribution in [1.82, 2.24) is 20.3 Å². The Labute approximate surface area is 122 Å². The number of aromatic nitrogens is 3. The highest BCUT2D eigenvalue weighted by molar-refractivity contribution is 5.86. The van der Waals surface area contributed by atoms with Gasteiger partial charge in [-0.15, -0.1) is 0 Å². The summed E-state index contributed by atoms with van der Waals surface area (Å²) in [6.45, 7) is 0.611. The lowest BCUT2D eigenvalue weighted by atomic mass is 10.1. The molecule has 0 aliphatic carbocycles. The molecule has 6 heteroatoms. The number of fused-ring (bicyclic) bond motifs is 1. The van der Waals surface area contributed by atoms with Crippen molar-refractivity contribution in [1.29, 1.82) is 0 Å². The molecule has 0 amide bonds. The van der Waals surface area contributed by atoms with Crippen molar-refractivity contribution >= 4 is 16.9 Å². The van der Waals surface area contributed by atoms with Gasteiger partial charge < -0.3 is 21.1 Å². The molecule has 6 nitrogen and oxygen atoms in total. The Bertz CT molecular complexity index is 725. The molecule has 1 atom stereocenters. The van der Waals surface area contributed by atoms with E-state index in [0.29, 0.717) is 12.4 Å². The molecular formula is C15H17N5O. The number of anilines is 1. The molecule has 0 bridgehead atoms. The average Bonchev–Trinajstić information content (AvgIpc) is 2.94. The molecule has 0 aliphatic heterocycles. The second kappa shape index (κ2) is 5.90. The van der Waals surface area contributed by atoms with Gasteiger partial charge in [-0.05, 0) is 5.56 Å². The first-order valence-corrected chi connectivity index (χ1v) is 6.75. The molecule has 3 rings (SSSR count). The standard InChI is InChI=1S/C15H17N5O/c16-15-14-13(19-9-20-15)11(7-18-14)6-17-12(8-21)10-4-2-1-3-5-10/h1-5,7,9,12,17-18,21H,6,8H2,(H2,16,19,20)/t12-/m1/s1. The summed E-state index contributed by atoms with van der Waals surface area (Å²) in [4.78, 5) is 11.3. The number of nitrogens with two attached hydrogens (primary N) is 1. The fourth-order valence-corrected chi connectivity index (χ4v) is 2.35. The molecule has 21 heavy (non-hydrogen) atoms. The van der Waals surface area contributed by atoms with Crippen LogP contribution in [0.1, 0.15) is 17.2 Å². The number of nitrogens with zero attached hydrogens (tertiary/aromatic N) is 2. The van der Waals surface area contributed by atoms with E-state index in [1.807, 2.05) is 36.5 Å². The molecule has 2 heterocycles. The summed E-state index contributed by atoms with van der Waals surface area (Å²) in [7, 11) is 0. The molecule has 0 fully saturated rings. The van der Waals surface area contributed by atoms with Crippen molar-refractivity contribution in [3.63, 3.8) is 0 Å². The topological polar surface area (TPSA) is 99.8 Å². The second-order valence-corrected chi connectivity index (χ2v) is 4.82. The van der Waals surface area contributed by atoms with E-state index >= 15 is 0 Å². The minimum Gasteiger partial charge on any atom is -0.394 e. The smallest absolute Gasteiger partial charge is 0.151 e. The number of aliphatic hydroxyl groups is 1. The normalized spacial score (nSPS) is 12.6. The van der Waals surface area contributed by atoms with Crippen molar-refractivity contribution in [3.05, 3.63) is 54.0 Å². The lowest BCUT2D eigenvalue weighted by molar-refractivity contribution is 0.244. The highest BCUT2D eigenvalue weighted by atomic mass is 16.3. The maximum Gasteiger partial charge on any atom is 0.151 e. The number of nitrogen functional groups attached to an aromatic ring is 1. The van der Waals surface area contributed by atoms with Crippen LogP contribution in [0, 0.1) is 0 Å². The van der Waals surface area contributed by atoms with Gasteiger partial charge in [-0.2, -0.15) is 0 Å². The molecule has 0 saturated carbocycles. The number of nitrogens with one attached hydrogen (secondary N) is 2. The summed E-state index contributed by atoms with van der Waals surface area (Å²) in [6.07, 6.45) is 3.32. The Morgan fingerprint density at radius 1 is 1.24 bits per heavy atom. The van der Waals surface area contributed by atoms with Gasteiger partial charge in [-0.25, -0.2) is 9.97 Å². The number of benzene rings is 1. The minimum absolute atomic E-state index is 0.0312. The number of H-pyrrole nitrogens is 1. The van der Waals surface area contributed by atoms with Crippen LogP contribution in [0.15, 0.2) is 42.9 Å². The number of aromatic amines is 1. The maximum absolute atomic E-state index is 9.55.